The van der Waals surface area contributed by atoms with Crippen LogP contribution >= 0.6 is 15.9 Å². The third-order valence-electron chi connectivity index (χ3n) is 3.66. The van der Waals surface area contributed by atoms with E-state index in [0.717, 1.165) is 28.7 Å². The van der Waals surface area contributed by atoms with E-state index in [1.165, 1.54) is 6.92 Å². The van der Waals surface area contributed by atoms with Crippen molar-refractivity contribution in [2.45, 2.75) is 19.2 Å². The van der Waals surface area contributed by atoms with Gasteiger partial charge in [-0.25, -0.2) is 0 Å². The molecule has 2 aromatic rings. The van der Waals surface area contributed by atoms with Crippen LogP contribution < -0.4 is 10.6 Å². The van der Waals surface area contributed by atoms with Crippen molar-refractivity contribution in [3.05, 3.63) is 64.1 Å². The second-order valence-corrected chi connectivity index (χ2v) is 6.80. The van der Waals surface area contributed by atoms with E-state index in [-0.39, 0.29) is 5.69 Å². The fraction of sp³-hybridized carbons (Fsp3) is 0.211. The summed E-state index contributed by atoms with van der Waals surface area (Å²) in [7, 11) is 0. The van der Waals surface area contributed by atoms with Gasteiger partial charge in [0, 0.05) is 15.7 Å². The van der Waals surface area contributed by atoms with Gasteiger partial charge >= 0.3 is 12.1 Å². The van der Waals surface area contributed by atoms with E-state index < -0.39 is 42.2 Å². The largest absolute Gasteiger partial charge is 0.451 e. The molecular formula is C19H16BrF3N2O4. The third kappa shape index (κ3) is 6.90. The van der Waals surface area contributed by atoms with Crippen LogP contribution in [0.4, 0.5) is 18.9 Å². The molecule has 10 heteroatoms. The van der Waals surface area contributed by atoms with Gasteiger partial charge in [0.1, 0.15) is 6.54 Å². The number of carbonyl (C=O) groups is 3. The smallest absolute Gasteiger partial charge is 0.416 e. The number of hydrogen-bond acceptors (Lipinski definition) is 4. The van der Waals surface area contributed by atoms with Crippen molar-refractivity contribution in [3.63, 3.8) is 0 Å². The molecule has 0 aliphatic rings. The molecule has 1 atom stereocenters. The number of ether oxygens (including phenoxy) is 1. The Bertz CT molecular complexity index is 884. The fourth-order valence-corrected chi connectivity index (χ4v) is 2.40. The molecule has 2 N–H and O–H groups in total. The van der Waals surface area contributed by atoms with Gasteiger partial charge in [0.25, 0.3) is 11.8 Å². The first-order chi connectivity index (χ1) is 13.6. The molecule has 0 radical (unpaired) electrons. The van der Waals surface area contributed by atoms with Crippen LogP contribution in [0, 0.1) is 0 Å². The molecule has 2 amide bonds. The Hall–Kier alpha value is -2.88. The van der Waals surface area contributed by atoms with Gasteiger partial charge in [-0.3, -0.25) is 14.4 Å². The van der Waals surface area contributed by atoms with Gasteiger partial charge in [0.15, 0.2) is 6.10 Å². The van der Waals surface area contributed by atoms with Crippen molar-refractivity contribution >= 4 is 39.4 Å². The Morgan fingerprint density at radius 3 is 2.17 bits per heavy atom. The number of carbonyl (C=O) groups excluding carboxylic acids is 3. The number of nitrogens with one attached hydrogen (secondary N) is 2. The number of anilines is 1. The fourth-order valence-electron chi connectivity index (χ4n) is 2.13. The van der Waals surface area contributed by atoms with Gasteiger partial charge in [-0.1, -0.05) is 15.9 Å². The average molecular weight is 473 g/mol. The molecule has 0 saturated carbocycles. The lowest BCUT2D eigenvalue weighted by Gasteiger charge is -2.14. The lowest BCUT2D eigenvalue weighted by atomic mass is 10.2. The second-order valence-electron chi connectivity index (χ2n) is 5.89. The Morgan fingerprint density at radius 2 is 1.62 bits per heavy atom. The van der Waals surface area contributed by atoms with Crippen LogP contribution in [-0.2, 0) is 20.5 Å². The summed E-state index contributed by atoms with van der Waals surface area (Å²) in [6.45, 7) is 0.848. The monoisotopic (exact) mass is 472 g/mol. The first-order valence-corrected chi connectivity index (χ1v) is 9.07. The molecule has 154 valence electrons. The number of esters is 1. The molecule has 6 nitrogen and oxygen atoms in total. The number of hydrogen-bond donors (Lipinski definition) is 2. The molecule has 0 fully saturated rings. The van der Waals surface area contributed by atoms with Crippen molar-refractivity contribution < 1.29 is 32.3 Å². The zero-order valence-electron chi connectivity index (χ0n) is 15.0. The summed E-state index contributed by atoms with van der Waals surface area (Å²) in [5, 5.41) is 4.71. The highest BCUT2D eigenvalue weighted by Crippen LogP contribution is 2.29. The highest BCUT2D eigenvalue weighted by Gasteiger charge is 2.30. The van der Waals surface area contributed by atoms with Gasteiger partial charge in [0.05, 0.1) is 5.56 Å². The van der Waals surface area contributed by atoms with Crippen molar-refractivity contribution in [3.8, 4) is 0 Å². The zero-order chi connectivity index (χ0) is 21.6. The van der Waals surface area contributed by atoms with Gasteiger partial charge in [0.2, 0.25) is 0 Å². The number of amides is 2. The summed E-state index contributed by atoms with van der Waals surface area (Å²) in [6.07, 6.45) is -5.69. The van der Waals surface area contributed by atoms with E-state index in [4.69, 9.17) is 4.74 Å². The number of rotatable bonds is 6. The van der Waals surface area contributed by atoms with E-state index in [0.29, 0.717) is 5.56 Å². The Morgan fingerprint density at radius 1 is 1.03 bits per heavy atom. The third-order valence-corrected chi connectivity index (χ3v) is 4.19. The van der Waals surface area contributed by atoms with Crippen LogP contribution in [0.5, 0.6) is 0 Å². The van der Waals surface area contributed by atoms with E-state index in [2.05, 4.69) is 26.6 Å². The maximum Gasteiger partial charge on any atom is 0.416 e. The average Bonchev–Trinajstić information content (AvgIpc) is 2.66. The Kier molecular flexibility index (Phi) is 7.38. The van der Waals surface area contributed by atoms with E-state index in [9.17, 15) is 27.6 Å². The molecule has 0 bridgehead atoms. The molecular weight excluding hydrogens is 457 g/mol. The van der Waals surface area contributed by atoms with E-state index >= 15 is 0 Å². The first-order valence-electron chi connectivity index (χ1n) is 8.27. The van der Waals surface area contributed by atoms with E-state index in [1.807, 2.05) is 0 Å². The first kappa shape index (κ1) is 22.4. The Balaban J connectivity index is 1.81. The molecule has 0 aliphatic carbocycles. The number of benzene rings is 2. The molecule has 0 saturated heterocycles. The van der Waals surface area contributed by atoms with Crippen molar-refractivity contribution in [1.29, 1.82) is 0 Å². The summed E-state index contributed by atoms with van der Waals surface area (Å²) in [6, 6.07) is 10.3. The number of halogens is 4. The van der Waals surface area contributed by atoms with Crippen LogP contribution in [0.25, 0.3) is 0 Å². The van der Waals surface area contributed by atoms with E-state index in [1.54, 1.807) is 24.3 Å². The zero-order valence-corrected chi connectivity index (χ0v) is 16.6. The molecule has 0 aliphatic heterocycles. The van der Waals surface area contributed by atoms with Crippen LogP contribution in [-0.4, -0.2) is 30.4 Å². The van der Waals surface area contributed by atoms with Crippen LogP contribution in [0.15, 0.2) is 53.0 Å². The minimum atomic E-state index is -4.48. The topological polar surface area (TPSA) is 84.5 Å². The highest BCUT2D eigenvalue weighted by atomic mass is 79.9. The molecule has 0 heterocycles. The molecule has 1 unspecified atom stereocenters. The SMILES string of the molecule is CC(OC(=O)CNC(=O)c1ccc(Br)cc1)C(=O)Nc1ccc(C(F)(F)F)cc1. The standard InChI is InChI=1S/C19H16BrF3N2O4/c1-11(17(27)25-15-8-4-13(5-9-15)19(21,22)23)29-16(26)10-24-18(28)12-2-6-14(20)7-3-12/h2-9,11H,10H2,1H3,(H,24,28)(H,25,27). The van der Waals surface area contributed by atoms with Crippen molar-refractivity contribution in [2.75, 3.05) is 11.9 Å². The van der Waals surface area contributed by atoms with Crippen LogP contribution in [0.3, 0.4) is 0 Å². The van der Waals surface area contributed by atoms with Gasteiger partial charge in [-0.2, -0.15) is 13.2 Å². The van der Waals surface area contributed by atoms with Gasteiger partial charge < -0.3 is 15.4 Å². The normalized spacial score (nSPS) is 12.0. The van der Waals surface area contributed by atoms with Gasteiger partial charge in [-0.15, -0.1) is 0 Å². The minimum absolute atomic E-state index is 0.120. The summed E-state index contributed by atoms with van der Waals surface area (Å²) < 4.78 is 43.3. The highest BCUT2D eigenvalue weighted by molar-refractivity contribution is 9.10. The summed E-state index contributed by atoms with van der Waals surface area (Å²) in [5.41, 5.74) is -0.389. The van der Waals surface area contributed by atoms with Crippen LogP contribution in [0.1, 0.15) is 22.8 Å². The molecule has 0 spiro atoms. The lowest BCUT2D eigenvalue weighted by molar-refractivity contribution is -0.152. The van der Waals surface area contributed by atoms with Crippen molar-refractivity contribution in [1.82, 2.24) is 5.32 Å². The number of alkyl halides is 3. The summed E-state index contributed by atoms with van der Waals surface area (Å²) in [4.78, 5) is 35.8. The predicted molar refractivity (Wildman–Crippen MR) is 102 cm³/mol. The summed E-state index contributed by atoms with van der Waals surface area (Å²) >= 11 is 3.24. The molecule has 29 heavy (non-hydrogen) atoms. The maximum atomic E-state index is 12.5. The Labute approximate surface area is 172 Å². The van der Waals surface area contributed by atoms with Crippen LogP contribution in [0.2, 0.25) is 0 Å². The minimum Gasteiger partial charge on any atom is -0.451 e. The predicted octanol–water partition coefficient (Wildman–Crippen LogP) is 3.77. The van der Waals surface area contributed by atoms with Crippen molar-refractivity contribution in [2.24, 2.45) is 0 Å². The molecule has 2 aromatic carbocycles. The van der Waals surface area contributed by atoms with Gasteiger partial charge in [-0.05, 0) is 55.5 Å². The lowest BCUT2D eigenvalue weighted by Crippen LogP contribution is -2.35. The second kappa shape index (κ2) is 9.55. The molecule has 0 aromatic heterocycles. The molecule has 2 rings (SSSR count). The quantitative estimate of drug-likeness (QED) is 0.626. The summed E-state index contributed by atoms with van der Waals surface area (Å²) in [5.74, 6) is -2.06. The maximum absolute atomic E-state index is 12.5.